The van der Waals surface area contributed by atoms with Crippen molar-refractivity contribution in [3.05, 3.63) is 41.6 Å². The minimum atomic E-state index is -0.940. The van der Waals surface area contributed by atoms with E-state index in [9.17, 15) is 18.4 Å². The van der Waals surface area contributed by atoms with Gasteiger partial charge in [0, 0.05) is 19.0 Å². The van der Waals surface area contributed by atoms with E-state index in [4.69, 9.17) is 5.73 Å². The third-order valence-electron chi connectivity index (χ3n) is 4.27. The lowest BCUT2D eigenvalue weighted by Crippen LogP contribution is -2.39. The summed E-state index contributed by atoms with van der Waals surface area (Å²) >= 11 is 0. The molecule has 2 heterocycles. The Labute approximate surface area is 142 Å². The highest BCUT2D eigenvalue weighted by Crippen LogP contribution is 2.28. The normalized spacial score (nSPS) is 15.2. The molecule has 0 radical (unpaired) electrons. The van der Waals surface area contributed by atoms with Gasteiger partial charge in [0.1, 0.15) is 28.7 Å². The number of halogens is 2. The SMILES string of the molecule is NC(=O)C1CCN(c2[nH]ncc2NC(=O)c2c(F)cccc2F)CC1. The molecule has 1 aromatic carbocycles. The van der Waals surface area contributed by atoms with Gasteiger partial charge in [0.15, 0.2) is 0 Å². The van der Waals surface area contributed by atoms with Gasteiger partial charge in [-0.2, -0.15) is 5.10 Å². The quantitative estimate of drug-likeness (QED) is 0.780. The highest BCUT2D eigenvalue weighted by Gasteiger charge is 2.26. The summed E-state index contributed by atoms with van der Waals surface area (Å²) < 4.78 is 27.4. The molecule has 9 heteroatoms. The van der Waals surface area contributed by atoms with Crippen LogP contribution in [0, 0.1) is 17.6 Å². The van der Waals surface area contributed by atoms with Crippen LogP contribution < -0.4 is 16.0 Å². The molecule has 1 saturated heterocycles. The molecule has 1 aliphatic rings. The highest BCUT2D eigenvalue weighted by atomic mass is 19.1. The molecule has 3 rings (SSSR count). The molecule has 1 fully saturated rings. The molecule has 0 spiro atoms. The first kappa shape index (κ1) is 16.9. The monoisotopic (exact) mass is 349 g/mol. The van der Waals surface area contributed by atoms with Crippen LogP contribution in [0.3, 0.4) is 0 Å². The van der Waals surface area contributed by atoms with Crippen LogP contribution >= 0.6 is 0 Å². The predicted octanol–water partition coefficient (Wildman–Crippen LogP) is 1.64. The summed E-state index contributed by atoms with van der Waals surface area (Å²) in [6.45, 7) is 1.10. The first-order chi connectivity index (χ1) is 12.0. The molecule has 1 aliphatic heterocycles. The van der Waals surface area contributed by atoms with Crippen LogP contribution in [0.25, 0.3) is 0 Å². The molecule has 0 unspecified atom stereocenters. The number of rotatable bonds is 4. The molecule has 2 aromatic rings. The summed E-state index contributed by atoms with van der Waals surface area (Å²) in [5.74, 6) is -2.76. The number of anilines is 2. The van der Waals surface area contributed by atoms with Crippen LogP contribution in [-0.2, 0) is 4.79 Å². The van der Waals surface area contributed by atoms with E-state index in [-0.39, 0.29) is 11.8 Å². The Hall–Kier alpha value is -2.97. The van der Waals surface area contributed by atoms with Gasteiger partial charge < -0.3 is 16.0 Å². The molecule has 0 saturated carbocycles. The molecule has 2 amide bonds. The van der Waals surface area contributed by atoms with Crippen molar-refractivity contribution < 1.29 is 18.4 Å². The molecule has 0 atom stereocenters. The van der Waals surface area contributed by atoms with Crippen molar-refractivity contribution in [2.75, 3.05) is 23.3 Å². The molecule has 132 valence electrons. The van der Waals surface area contributed by atoms with Gasteiger partial charge in [-0.1, -0.05) is 6.07 Å². The maximum Gasteiger partial charge on any atom is 0.261 e. The van der Waals surface area contributed by atoms with Crippen molar-refractivity contribution in [1.82, 2.24) is 10.2 Å². The summed E-state index contributed by atoms with van der Waals surface area (Å²) in [5, 5.41) is 9.12. The van der Waals surface area contributed by atoms with Crippen LogP contribution in [0.1, 0.15) is 23.2 Å². The van der Waals surface area contributed by atoms with Gasteiger partial charge in [-0.05, 0) is 25.0 Å². The van der Waals surface area contributed by atoms with Crippen LogP contribution in [0.15, 0.2) is 24.4 Å². The number of aromatic nitrogens is 2. The molecule has 0 bridgehead atoms. The number of nitrogens with one attached hydrogen (secondary N) is 2. The summed E-state index contributed by atoms with van der Waals surface area (Å²) in [6.07, 6.45) is 2.54. The van der Waals surface area contributed by atoms with Crippen molar-refractivity contribution in [2.45, 2.75) is 12.8 Å². The number of nitrogens with two attached hydrogens (primary N) is 1. The highest BCUT2D eigenvalue weighted by molar-refractivity contribution is 6.06. The van der Waals surface area contributed by atoms with E-state index in [0.29, 0.717) is 37.4 Å². The van der Waals surface area contributed by atoms with Gasteiger partial charge in [-0.3, -0.25) is 14.7 Å². The average molecular weight is 349 g/mol. The smallest absolute Gasteiger partial charge is 0.261 e. The lowest BCUT2D eigenvalue weighted by Gasteiger charge is -2.31. The molecule has 4 N–H and O–H groups in total. The lowest BCUT2D eigenvalue weighted by molar-refractivity contribution is -0.122. The lowest BCUT2D eigenvalue weighted by atomic mass is 9.96. The van der Waals surface area contributed by atoms with Gasteiger partial charge in [-0.15, -0.1) is 0 Å². The number of hydrogen-bond donors (Lipinski definition) is 3. The zero-order valence-electron chi connectivity index (χ0n) is 13.3. The average Bonchev–Trinajstić information content (AvgIpc) is 3.02. The van der Waals surface area contributed by atoms with Crippen molar-refractivity contribution >= 4 is 23.3 Å². The second-order valence-electron chi connectivity index (χ2n) is 5.85. The second kappa shape index (κ2) is 6.88. The van der Waals surface area contributed by atoms with Gasteiger partial charge in [-0.25, -0.2) is 8.78 Å². The Bertz CT molecular complexity index is 779. The number of piperidine rings is 1. The van der Waals surface area contributed by atoms with Crippen molar-refractivity contribution in [3.8, 4) is 0 Å². The summed E-state index contributed by atoms with van der Waals surface area (Å²) in [5.41, 5.74) is 4.97. The maximum absolute atomic E-state index is 13.7. The van der Waals surface area contributed by atoms with Crippen LogP contribution in [-0.4, -0.2) is 35.1 Å². The Morgan fingerprint density at radius 3 is 2.48 bits per heavy atom. The maximum atomic E-state index is 13.7. The number of nitrogens with zero attached hydrogens (tertiary/aromatic N) is 2. The molecular weight excluding hydrogens is 332 g/mol. The van der Waals surface area contributed by atoms with E-state index in [0.717, 1.165) is 12.1 Å². The van der Waals surface area contributed by atoms with E-state index in [2.05, 4.69) is 15.5 Å². The number of carbonyl (C=O) groups is 2. The number of hydrogen-bond acceptors (Lipinski definition) is 4. The molecule has 1 aromatic heterocycles. The number of aromatic amines is 1. The van der Waals surface area contributed by atoms with Gasteiger partial charge in [0.05, 0.1) is 6.20 Å². The van der Waals surface area contributed by atoms with Gasteiger partial charge >= 0.3 is 0 Å². The Morgan fingerprint density at radius 1 is 1.24 bits per heavy atom. The minimum Gasteiger partial charge on any atom is -0.369 e. The zero-order chi connectivity index (χ0) is 18.0. The topological polar surface area (TPSA) is 104 Å². The molecular formula is C16H17F2N5O2. The van der Waals surface area contributed by atoms with E-state index in [1.165, 1.54) is 12.3 Å². The number of H-pyrrole nitrogens is 1. The van der Waals surface area contributed by atoms with Crippen molar-refractivity contribution in [1.29, 1.82) is 0 Å². The fraction of sp³-hybridized carbons (Fsp3) is 0.312. The fourth-order valence-electron chi connectivity index (χ4n) is 2.90. The van der Waals surface area contributed by atoms with E-state index in [1.807, 2.05) is 4.90 Å². The summed E-state index contributed by atoms with van der Waals surface area (Å²) in [4.78, 5) is 25.4. The van der Waals surface area contributed by atoms with Crippen molar-refractivity contribution in [2.24, 2.45) is 11.7 Å². The minimum absolute atomic E-state index is 0.176. The van der Waals surface area contributed by atoms with Gasteiger partial charge in [0.2, 0.25) is 5.91 Å². The standard InChI is InChI=1S/C16H17F2N5O2/c17-10-2-1-3-11(18)13(10)16(25)21-12-8-20-22-15(12)23-6-4-9(5-7-23)14(19)24/h1-3,8-9H,4-7H2,(H2,19,24)(H,20,22)(H,21,25). The first-order valence-corrected chi connectivity index (χ1v) is 7.80. The summed E-state index contributed by atoms with van der Waals surface area (Å²) in [7, 11) is 0. The summed E-state index contributed by atoms with van der Waals surface area (Å²) in [6, 6.07) is 3.22. The number of carbonyl (C=O) groups excluding carboxylic acids is 2. The van der Waals surface area contributed by atoms with Gasteiger partial charge in [0.25, 0.3) is 5.91 Å². The number of amides is 2. The van der Waals surface area contributed by atoms with E-state index >= 15 is 0 Å². The van der Waals surface area contributed by atoms with Crippen LogP contribution in [0.4, 0.5) is 20.3 Å². The Kier molecular flexibility index (Phi) is 4.64. The molecule has 7 nitrogen and oxygen atoms in total. The largest absolute Gasteiger partial charge is 0.369 e. The Morgan fingerprint density at radius 2 is 1.88 bits per heavy atom. The van der Waals surface area contributed by atoms with E-state index < -0.39 is 23.1 Å². The number of benzene rings is 1. The fourth-order valence-corrected chi connectivity index (χ4v) is 2.90. The van der Waals surface area contributed by atoms with E-state index in [1.54, 1.807) is 0 Å². The van der Waals surface area contributed by atoms with Crippen LogP contribution in [0.5, 0.6) is 0 Å². The zero-order valence-corrected chi connectivity index (χ0v) is 13.3. The molecule has 0 aliphatic carbocycles. The second-order valence-corrected chi connectivity index (χ2v) is 5.85. The molecule has 25 heavy (non-hydrogen) atoms. The number of primary amides is 1. The van der Waals surface area contributed by atoms with Crippen molar-refractivity contribution in [3.63, 3.8) is 0 Å². The van der Waals surface area contributed by atoms with Crippen LogP contribution in [0.2, 0.25) is 0 Å². The third kappa shape index (κ3) is 3.44. The third-order valence-corrected chi connectivity index (χ3v) is 4.27. The predicted molar refractivity (Wildman–Crippen MR) is 87.0 cm³/mol. The Balaban J connectivity index is 1.74. The first-order valence-electron chi connectivity index (χ1n) is 7.80.